The van der Waals surface area contributed by atoms with E-state index in [9.17, 15) is 0 Å². The molecule has 2 aromatic carbocycles. The Kier molecular flexibility index (Phi) is 4.80. The molecule has 2 aromatic rings. The summed E-state index contributed by atoms with van der Waals surface area (Å²) < 4.78 is 2.10. The van der Waals surface area contributed by atoms with Gasteiger partial charge in [-0.25, -0.2) is 0 Å². The van der Waals surface area contributed by atoms with E-state index in [1.165, 1.54) is 5.56 Å². The predicted octanol–water partition coefficient (Wildman–Crippen LogP) is 4.32. The molecule has 0 fully saturated rings. The third-order valence-electron chi connectivity index (χ3n) is 2.59. The number of rotatable bonds is 4. The first-order chi connectivity index (χ1) is 8.69. The van der Waals surface area contributed by atoms with Crippen LogP contribution in [0, 0.1) is 0 Å². The third-order valence-corrected chi connectivity index (χ3v) is 4.47. The molecule has 0 atom stereocenters. The van der Waals surface area contributed by atoms with E-state index < -0.39 is 0 Å². The molecule has 0 unspecified atom stereocenters. The average molecular weight is 371 g/mol. The van der Waals surface area contributed by atoms with Gasteiger partial charge in [0.05, 0.1) is 6.61 Å². The molecule has 2 N–H and O–H groups in total. The van der Waals surface area contributed by atoms with Crippen LogP contribution in [0.3, 0.4) is 0 Å². The zero-order valence-electron chi connectivity index (χ0n) is 9.66. The molecular weight excluding hydrogens is 358 g/mol. The molecule has 0 aliphatic heterocycles. The fourth-order valence-electron chi connectivity index (χ4n) is 1.63. The molecule has 0 bridgehead atoms. The van der Waals surface area contributed by atoms with Crippen molar-refractivity contribution in [3.05, 3.63) is 62.5 Å². The number of aliphatic hydroxyl groups excluding tert-OH is 1. The molecule has 4 heteroatoms. The summed E-state index contributed by atoms with van der Waals surface area (Å²) in [5, 5.41) is 12.4. The Balaban J connectivity index is 2.04. The lowest BCUT2D eigenvalue weighted by Crippen LogP contribution is -2.00. The first kappa shape index (κ1) is 13.6. The summed E-state index contributed by atoms with van der Waals surface area (Å²) in [6.45, 7) is 0.820. The summed E-state index contributed by atoms with van der Waals surface area (Å²) in [5.41, 5.74) is 3.12. The van der Waals surface area contributed by atoms with Crippen LogP contribution in [0.5, 0.6) is 0 Å². The second-order valence-electron chi connectivity index (χ2n) is 3.96. The van der Waals surface area contributed by atoms with Crippen molar-refractivity contribution < 1.29 is 5.11 Å². The number of hydrogen-bond donors (Lipinski definition) is 2. The number of halogens is 2. The predicted molar refractivity (Wildman–Crippen MR) is 81.5 cm³/mol. The first-order valence-corrected chi connectivity index (χ1v) is 7.15. The summed E-state index contributed by atoms with van der Waals surface area (Å²) in [7, 11) is 0. The van der Waals surface area contributed by atoms with E-state index >= 15 is 0 Å². The van der Waals surface area contributed by atoms with Gasteiger partial charge in [-0.3, -0.25) is 0 Å². The number of benzene rings is 2. The Morgan fingerprint density at radius 1 is 0.944 bits per heavy atom. The second kappa shape index (κ2) is 6.36. The minimum atomic E-state index is 0.0688. The van der Waals surface area contributed by atoms with E-state index in [1.807, 2.05) is 30.3 Å². The monoisotopic (exact) mass is 369 g/mol. The molecule has 2 nitrogen and oxygen atoms in total. The molecule has 0 heterocycles. The van der Waals surface area contributed by atoms with E-state index in [0.29, 0.717) is 0 Å². The summed E-state index contributed by atoms with van der Waals surface area (Å²) in [6, 6.07) is 13.9. The molecule has 0 radical (unpaired) electrons. The number of aliphatic hydroxyl groups is 1. The van der Waals surface area contributed by atoms with E-state index in [2.05, 4.69) is 49.3 Å². The third kappa shape index (κ3) is 3.57. The highest BCUT2D eigenvalue weighted by Gasteiger charge is 1.99. The van der Waals surface area contributed by atoms with E-state index in [4.69, 9.17) is 5.11 Å². The Bertz CT molecular complexity index is 543. The van der Waals surface area contributed by atoms with Crippen LogP contribution in [0.15, 0.2) is 51.4 Å². The molecule has 0 aromatic heterocycles. The molecule has 0 aliphatic rings. The van der Waals surface area contributed by atoms with Gasteiger partial charge in [0.25, 0.3) is 0 Å². The zero-order valence-corrected chi connectivity index (χ0v) is 12.8. The highest BCUT2D eigenvalue weighted by molar-refractivity contribution is 9.13. The highest BCUT2D eigenvalue weighted by atomic mass is 79.9. The van der Waals surface area contributed by atoms with E-state index in [-0.39, 0.29) is 6.61 Å². The molecule has 0 aliphatic carbocycles. The van der Waals surface area contributed by atoms with Crippen LogP contribution in [-0.4, -0.2) is 5.11 Å². The van der Waals surface area contributed by atoms with Gasteiger partial charge in [0, 0.05) is 21.2 Å². The van der Waals surface area contributed by atoms with Gasteiger partial charge in [0.15, 0.2) is 0 Å². The molecule has 94 valence electrons. The Hall–Kier alpha value is -0.840. The van der Waals surface area contributed by atoms with Gasteiger partial charge >= 0.3 is 0 Å². The van der Waals surface area contributed by atoms with Crippen LogP contribution in [0.1, 0.15) is 11.1 Å². The maximum atomic E-state index is 9.08. The summed E-state index contributed by atoms with van der Waals surface area (Å²) in [4.78, 5) is 0. The molecule has 2 rings (SSSR count). The Labute approximate surface area is 123 Å². The minimum Gasteiger partial charge on any atom is -0.392 e. The number of anilines is 1. The van der Waals surface area contributed by atoms with Gasteiger partial charge in [-0.1, -0.05) is 18.2 Å². The van der Waals surface area contributed by atoms with Gasteiger partial charge < -0.3 is 10.4 Å². The van der Waals surface area contributed by atoms with Crippen LogP contribution >= 0.6 is 31.9 Å². The lowest BCUT2D eigenvalue weighted by molar-refractivity contribution is 0.282. The van der Waals surface area contributed by atoms with Crippen molar-refractivity contribution in [3.63, 3.8) is 0 Å². The zero-order chi connectivity index (χ0) is 13.0. The summed E-state index contributed by atoms with van der Waals surface area (Å²) in [6.07, 6.45) is 0. The topological polar surface area (TPSA) is 32.3 Å². The molecule has 0 saturated carbocycles. The van der Waals surface area contributed by atoms with Gasteiger partial charge in [-0.2, -0.15) is 0 Å². The lowest BCUT2D eigenvalue weighted by atomic mass is 10.2. The van der Waals surface area contributed by atoms with Crippen molar-refractivity contribution >= 4 is 37.5 Å². The standard InChI is InChI=1S/C14H13Br2NO/c15-13-5-4-10(7-14(13)16)8-17-12-3-1-2-11(6-12)9-18/h1-7,17-18H,8-9H2. The normalized spacial score (nSPS) is 10.4. The van der Waals surface area contributed by atoms with Crippen LogP contribution in [-0.2, 0) is 13.2 Å². The van der Waals surface area contributed by atoms with Crippen molar-refractivity contribution in [2.75, 3.05) is 5.32 Å². The van der Waals surface area contributed by atoms with Crippen molar-refractivity contribution in [3.8, 4) is 0 Å². The molecule has 18 heavy (non-hydrogen) atoms. The quantitative estimate of drug-likeness (QED) is 0.840. The molecule has 0 saturated heterocycles. The fourth-order valence-corrected chi connectivity index (χ4v) is 2.31. The Morgan fingerprint density at radius 3 is 2.50 bits per heavy atom. The van der Waals surface area contributed by atoms with E-state index in [1.54, 1.807) is 0 Å². The van der Waals surface area contributed by atoms with Crippen molar-refractivity contribution in [2.24, 2.45) is 0 Å². The van der Waals surface area contributed by atoms with Crippen LogP contribution < -0.4 is 5.32 Å². The maximum Gasteiger partial charge on any atom is 0.0682 e. The molecular formula is C14H13Br2NO. The number of nitrogens with one attached hydrogen (secondary N) is 1. The van der Waals surface area contributed by atoms with Crippen molar-refractivity contribution in [1.29, 1.82) is 0 Å². The van der Waals surface area contributed by atoms with Gasteiger partial charge in [0.2, 0.25) is 0 Å². The van der Waals surface area contributed by atoms with Crippen molar-refractivity contribution in [1.82, 2.24) is 0 Å². The average Bonchev–Trinajstić information content (AvgIpc) is 2.40. The highest BCUT2D eigenvalue weighted by Crippen LogP contribution is 2.24. The molecule has 0 amide bonds. The van der Waals surface area contributed by atoms with Gasteiger partial charge in [-0.15, -0.1) is 0 Å². The van der Waals surface area contributed by atoms with Crippen LogP contribution in [0.25, 0.3) is 0 Å². The van der Waals surface area contributed by atoms with Crippen LogP contribution in [0.4, 0.5) is 5.69 Å². The summed E-state index contributed by atoms with van der Waals surface area (Å²) >= 11 is 6.94. The van der Waals surface area contributed by atoms with Crippen molar-refractivity contribution in [2.45, 2.75) is 13.2 Å². The Morgan fingerprint density at radius 2 is 1.78 bits per heavy atom. The number of hydrogen-bond acceptors (Lipinski definition) is 2. The summed E-state index contributed by atoms with van der Waals surface area (Å²) in [5.74, 6) is 0. The largest absolute Gasteiger partial charge is 0.392 e. The van der Waals surface area contributed by atoms with Gasteiger partial charge in [-0.05, 0) is 67.3 Å². The minimum absolute atomic E-state index is 0.0688. The smallest absolute Gasteiger partial charge is 0.0682 e. The van der Waals surface area contributed by atoms with Crippen LogP contribution in [0.2, 0.25) is 0 Å². The first-order valence-electron chi connectivity index (χ1n) is 5.56. The lowest BCUT2D eigenvalue weighted by Gasteiger charge is -2.08. The van der Waals surface area contributed by atoms with Gasteiger partial charge in [0.1, 0.15) is 0 Å². The van der Waals surface area contributed by atoms with E-state index in [0.717, 1.165) is 26.7 Å². The molecule has 0 spiro atoms. The maximum absolute atomic E-state index is 9.08. The fraction of sp³-hybridized carbons (Fsp3) is 0.143. The second-order valence-corrected chi connectivity index (χ2v) is 5.67. The SMILES string of the molecule is OCc1cccc(NCc2ccc(Br)c(Br)c2)c1.